The van der Waals surface area contributed by atoms with Gasteiger partial charge >= 0.3 is 0 Å². The maximum absolute atomic E-state index is 12.8. The van der Waals surface area contributed by atoms with Crippen molar-refractivity contribution in [3.8, 4) is 0 Å². The highest BCUT2D eigenvalue weighted by Gasteiger charge is 2.36. The summed E-state index contributed by atoms with van der Waals surface area (Å²) in [6, 6.07) is 5.88. The molecule has 2 aromatic heterocycles. The topological polar surface area (TPSA) is 62.6 Å². The number of nitrogens with zero attached hydrogens (tertiary/aromatic N) is 1. The Morgan fingerprint density at radius 2 is 2.08 bits per heavy atom. The van der Waals surface area contributed by atoms with E-state index in [1.54, 1.807) is 11.9 Å². The van der Waals surface area contributed by atoms with Crippen molar-refractivity contribution in [2.75, 3.05) is 12.4 Å². The van der Waals surface area contributed by atoms with Crippen LogP contribution >= 0.6 is 11.3 Å². The number of anilines is 1. The summed E-state index contributed by atoms with van der Waals surface area (Å²) in [6.07, 6.45) is 3.12. The van der Waals surface area contributed by atoms with E-state index in [2.05, 4.69) is 12.2 Å². The lowest BCUT2D eigenvalue weighted by molar-refractivity contribution is -0.117. The molecule has 2 amide bonds. The van der Waals surface area contributed by atoms with Crippen molar-refractivity contribution in [3.05, 3.63) is 40.2 Å². The zero-order valence-electron chi connectivity index (χ0n) is 15.4. The van der Waals surface area contributed by atoms with Crippen molar-refractivity contribution >= 4 is 28.2 Å². The number of amides is 2. The summed E-state index contributed by atoms with van der Waals surface area (Å²) in [7, 11) is 1.78. The molecular weight excluding hydrogens is 348 g/mol. The molecule has 0 aliphatic heterocycles. The average Bonchev–Trinajstić information content (AvgIpc) is 3.49. The van der Waals surface area contributed by atoms with Gasteiger partial charge in [0.2, 0.25) is 5.91 Å². The van der Waals surface area contributed by atoms with Gasteiger partial charge in [0.25, 0.3) is 5.91 Å². The minimum Gasteiger partial charge on any atom is -0.464 e. The number of aryl methyl sites for hydroxylation is 1. The van der Waals surface area contributed by atoms with Crippen molar-refractivity contribution in [1.29, 1.82) is 0 Å². The maximum atomic E-state index is 12.8. The number of thiophene rings is 1. The Kier molecular flexibility index (Phi) is 4.39. The Hall–Kier alpha value is -2.08. The van der Waals surface area contributed by atoms with Crippen LogP contribution in [0.1, 0.15) is 58.9 Å². The summed E-state index contributed by atoms with van der Waals surface area (Å²) >= 11 is 1.35. The number of furan rings is 1. The Bertz CT molecular complexity index is 849. The standard InChI is InChI=1S/C20H24N2O3S/c1-11-8-15(11)16-7-6-14(25-16)10-22(3)20(24)18-12(2)9-17(26-18)21-19(23)13-4-5-13/h6-7,9,11,13,15H,4-5,8,10H2,1-3H3,(H,21,23). The highest BCUT2D eigenvalue weighted by Crippen LogP contribution is 2.47. The second-order valence-corrected chi connectivity index (χ2v) is 8.72. The van der Waals surface area contributed by atoms with E-state index in [1.807, 2.05) is 25.1 Å². The Balaban J connectivity index is 1.40. The first-order valence-electron chi connectivity index (χ1n) is 9.17. The molecule has 138 valence electrons. The zero-order chi connectivity index (χ0) is 18.4. The van der Waals surface area contributed by atoms with E-state index in [0.717, 1.165) is 34.9 Å². The molecule has 0 aromatic carbocycles. The van der Waals surface area contributed by atoms with E-state index < -0.39 is 0 Å². The highest BCUT2D eigenvalue weighted by atomic mass is 32.1. The van der Waals surface area contributed by atoms with Crippen molar-refractivity contribution in [2.24, 2.45) is 11.8 Å². The molecule has 26 heavy (non-hydrogen) atoms. The molecule has 1 N–H and O–H groups in total. The number of nitrogens with one attached hydrogen (secondary N) is 1. The predicted octanol–water partition coefficient (Wildman–Crippen LogP) is 4.39. The molecule has 2 heterocycles. The molecule has 6 heteroatoms. The van der Waals surface area contributed by atoms with E-state index in [-0.39, 0.29) is 17.7 Å². The number of hydrogen-bond acceptors (Lipinski definition) is 4. The van der Waals surface area contributed by atoms with Crippen LogP contribution in [0.4, 0.5) is 5.00 Å². The minimum atomic E-state index is -0.0443. The van der Waals surface area contributed by atoms with Gasteiger partial charge in [0, 0.05) is 18.9 Å². The fourth-order valence-electron chi connectivity index (χ4n) is 3.20. The van der Waals surface area contributed by atoms with Crippen LogP contribution in [0.15, 0.2) is 22.6 Å². The lowest BCUT2D eigenvalue weighted by atomic mass is 10.2. The monoisotopic (exact) mass is 372 g/mol. The van der Waals surface area contributed by atoms with E-state index in [9.17, 15) is 9.59 Å². The van der Waals surface area contributed by atoms with Gasteiger partial charge in [-0.1, -0.05) is 6.92 Å². The summed E-state index contributed by atoms with van der Waals surface area (Å²) in [5.41, 5.74) is 0.893. The van der Waals surface area contributed by atoms with Crippen LogP contribution < -0.4 is 5.32 Å². The van der Waals surface area contributed by atoms with Gasteiger partial charge in [-0.15, -0.1) is 11.3 Å². The molecule has 2 saturated carbocycles. The minimum absolute atomic E-state index is 0.0443. The molecule has 2 unspecified atom stereocenters. The lowest BCUT2D eigenvalue weighted by Crippen LogP contribution is -2.25. The summed E-state index contributed by atoms with van der Waals surface area (Å²) in [5, 5.41) is 3.67. The van der Waals surface area contributed by atoms with Crippen LogP contribution in [-0.2, 0) is 11.3 Å². The van der Waals surface area contributed by atoms with Crippen LogP contribution in [0.5, 0.6) is 0 Å². The third-order valence-corrected chi connectivity index (χ3v) is 6.34. The maximum Gasteiger partial charge on any atom is 0.264 e. The SMILES string of the molecule is Cc1cc(NC(=O)C2CC2)sc1C(=O)N(C)Cc1ccc(C2CC2C)o1. The van der Waals surface area contributed by atoms with Gasteiger partial charge in [0.1, 0.15) is 11.5 Å². The number of rotatable bonds is 6. The number of carbonyl (C=O) groups is 2. The molecule has 0 saturated heterocycles. The van der Waals surface area contributed by atoms with E-state index in [0.29, 0.717) is 23.3 Å². The van der Waals surface area contributed by atoms with E-state index >= 15 is 0 Å². The van der Waals surface area contributed by atoms with Gasteiger partial charge in [0.05, 0.1) is 16.4 Å². The van der Waals surface area contributed by atoms with Crippen LogP contribution in [-0.4, -0.2) is 23.8 Å². The molecule has 0 bridgehead atoms. The lowest BCUT2D eigenvalue weighted by Gasteiger charge is -2.15. The second kappa shape index (κ2) is 6.58. The van der Waals surface area contributed by atoms with E-state index in [4.69, 9.17) is 4.42 Å². The van der Waals surface area contributed by atoms with Crippen molar-refractivity contribution in [1.82, 2.24) is 4.90 Å². The third kappa shape index (κ3) is 3.56. The highest BCUT2D eigenvalue weighted by molar-refractivity contribution is 7.18. The molecule has 0 spiro atoms. The first-order valence-corrected chi connectivity index (χ1v) is 9.99. The molecule has 5 nitrogen and oxygen atoms in total. The number of carbonyl (C=O) groups excluding carboxylic acids is 2. The first-order chi connectivity index (χ1) is 12.4. The van der Waals surface area contributed by atoms with Gasteiger partial charge in [-0.2, -0.15) is 0 Å². The van der Waals surface area contributed by atoms with Crippen molar-refractivity contribution < 1.29 is 14.0 Å². The van der Waals surface area contributed by atoms with Gasteiger partial charge in [0.15, 0.2) is 0 Å². The van der Waals surface area contributed by atoms with Gasteiger partial charge < -0.3 is 14.6 Å². The molecule has 2 aromatic rings. The van der Waals surface area contributed by atoms with Gasteiger partial charge in [-0.05, 0) is 55.9 Å². The summed E-state index contributed by atoms with van der Waals surface area (Å²) < 4.78 is 5.91. The summed E-state index contributed by atoms with van der Waals surface area (Å²) in [6.45, 7) is 4.58. The smallest absolute Gasteiger partial charge is 0.264 e. The largest absolute Gasteiger partial charge is 0.464 e. The zero-order valence-corrected chi connectivity index (χ0v) is 16.2. The quantitative estimate of drug-likeness (QED) is 0.818. The second-order valence-electron chi connectivity index (χ2n) is 7.67. The van der Waals surface area contributed by atoms with Crippen LogP contribution in [0.25, 0.3) is 0 Å². The van der Waals surface area contributed by atoms with Gasteiger partial charge in [-0.25, -0.2) is 0 Å². The van der Waals surface area contributed by atoms with Crippen LogP contribution in [0.2, 0.25) is 0 Å². The molecular formula is C20H24N2O3S. The molecule has 2 fully saturated rings. The Morgan fingerprint density at radius 1 is 1.35 bits per heavy atom. The first kappa shape index (κ1) is 17.3. The fraction of sp³-hybridized carbons (Fsp3) is 0.500. The molecule has 2 aliphatic carbocycles. The molecule has 4 rings (SSSR count). The van der Waals surface area contributed by atoms with Gasteiger partial charge in [-0.3, -0.25) is 9.59 Å². The molecule has 2 atom stereocenters. The summed E-state index contributed by atoms with van der Waals surface area (Å²) in [5.74, 6) is 3.26. The molecule has 0 radical (unpaired) electrons. The number of hydrogen-bond donors (Lipinski definition) is 1. The molecule has 2 aliphatic rings. The van der Waals surface area contributed by atoms with E-state index in [1.165, 1.54) is 17.8 Å². The van der Waals surface area contributed by atoms with Crippen LogP contribution in [0.3, 0.4) is 0 Å². The Morgan fingerprint density at radius 3 is 2.73 bits per heavy atom. The Labute approximate surface area is 157 Å². The third-order valence-electron chi connectivity index (χ3n) is 5.20. The summed E-state index contributed by atoms with van der Waals surface area (Å²) in [4.78, 5) is 27.1. The van der Waals surface area contributed by atoms with Crippen LogP contribution in [0, 0.1) is 18.8 Å². The fourth-order valence-corrected chi connectivity index (χ4v) is 4.27. The average molecular weight is 372 g/mol. The van der Waals surface area contributed by atoms with Crippen molar-refractivity contribution in [2.45, 2.75) is 45.6 Å². The predicted molar refractivity (Wildman–Crippen MR) is 101 cm³/mol. The van der Waals surface area contributed by atoms with Crippen molar-refractivity contribution in [3.63, 3.8) is 0 Å². The normalized spacial score (nSPS) is 21.5.